The minimum absolute atomic E-state index is 0.0000644. The molecule has 0 bridgehead atoms. The van der Waals surface area contributed by atoms with Gasteiger partial charge in [-0.1, -0.05) is 0 Å². The van der Waals surface area contributed by atoms with Gasteiger partial charge in [0.1, 0.15) is 10.5 Å². The van der Waals surface area contributed by atoms with Crippen molar-refractivity contribution in [2.45, 2.75) is 32.9 Å². The molecule has 3 aromatic heterocycles. The van der Waals surface area contributed by atoms with Crippen molar-refractivity contribution in [3.05, 3.63) is 40.5 Å². The molecule has 4 heterocycles. The lowest BCUT2D eigenvalue weighted by Crippen LogP contribution is -2.61. The Bertz CT molecular complexity index is 1160. The van der Waals surface area contributed by atoms with Crippen LogP contribution in [0.1, 0.15) is 40.9 Å². The summed E-state index contributed by atoms with van der Waals surface area (Å²) < 4.78 is 14.1. The van der Waals surface area contributed by atoms with Gasteiger partial charge in [-0.3, -0.25) is 14.6 Å². The molecule has 0 spiro atoms. The number of halogens is 1. The van der Waals surface area contributed by atoms with Crippen LogP contribution < -0.4 is 5.32 Å². The van der Waals surface area contributed by atoms with Crippen LogP contribution in [0, 0.1) is 12.7 Å². The number of hydrogen-bond donors (Lipinski definition) is 1. The highest BCUT2D eigenvalue weighted by atomic mass is 32.1. The number of amides is 2. The highest BCUT2D eigenvalue weighted by molar-refractivity contribution is 7.18. The van der Waals surface area contributed by atoms with Gasteiger partial charge in [0, 0.05) is 33.3 Å². The summed E-state index contributed by atoms with van der Waals surface area (Å²) in [6.07, 6.45) is 2.70. The zero-order valence-corrected chi connectivity index (χ0v) is 18.4. The topological polar surface area (TPSA) is 104 Å². The van der Waals surface area contributed by atoms with E-state index in [4.69, 9.17) is 0 Å². The Labute approximate surface area is 182 Å². The molecular formula is C20H22FN7O2S. The second-order valence-corrected chi connectivity index (χ2v) is 8.78. The maximum Gasteiger partial charge on any atom is 0.274 e. The smallest absolute Gasteiger partial charge is 0.274 e. The third kappa shape index (κ3) is 4.18. The van der Waals surface area contributed by atoms with E-state index in [0.29, 0.717) is 29.0 Å². The molecule has 4 rings (SSSR count). The Morgan fingerprint density at radius 1 is 1.29 bits per heavy atom. The standard InChI is InChI=1S/C20H22FN7O2S/c1-10(13-5-14(21)7-22-6-13)23-20-25-16(17-18(26-20)24-11(2)31-17)19(30)28-8-15(9-28)27(4)12(3)29/h5-7,10,15H,8-9H2,1-4H3,(H,23,25,26). The summed E-state index contributed by atoms with van der Waals surface area (Å²) >= 11 is 1.36. The first-order valence-electron chi connectivity index (χ1n) is 9.77. The molecule has 162 valence electrons. The molecule has 0 aromatic carbocycles. The Balaban J connectivity index is 1.60. The number of carbonyl (C=O) groups is 2. The number of likely N-dealkylation sites (tertiary alicyclic amines) is 1. The number of carbonyl (C=O) groups excluding carboxylic acids is 2. The quantitative estimate of drug-likeness (QED) is 0.646. The number of aromatic nitrogens is 4. The van der Waals surface area contributed by atoms with Crippen LogP contribution in [0.3, 0.4) is 0 Å². The van der Waals surface area contributed by atoms with Crippen molar-refractivity contribution >= 4 is 39.4 Å². The number of nitrogens with one attached hydrogen (secondary N) is 1. The van der Waals surface area contributed by atoms with Crippen LogP contribution in [0.5, 0.6) is 0 Å². The lowest BCUT2D eigenvalue weighted by molar-refractivity contribution is -0.132. The Hall–Kier alpha value is -3.21. The molecule has 1 N–H and O–H groups in total. The summed E-state index contributed by atoms with van der Waals surface area (Å²) in [6, 6.07) is 1.05. The van der Waals surface area contributed by atoms with E-state index in [-0.39, 0.29) is 35.5 Å². The summed E-state index contributed by atoms with van der Waals surface area (Å²) in [6.45, 7) is 6.08. The zero-order valence-electron chi connectivity index (χ0n) is 17.6. The molecule has 1 aliphatic rings. The fraction of sp³-hybridized carbons (Fsp3) is 0.400. The lowest BCUT2D eigenvalue weighted by atomic mass is 10.1. The molecule has 1 saturated heterocycles. The van der Waals surface area contributed by atoms with Crippen LogP contribution in [0.25, 0.3) is 10.3 Å². The molecule has 2 amide bonds. The maximum atomic E-state index is 13.5. The maximum absolute atomic E-state index is 13.5. The largest absolute Gasteiger partial charge is 0.348 e. The molecule has 0 radical (unpaired) electrons. The third-order valence-electron chi connectivity index (χ3n) is 5.33. The molecule has 11 heteroatoms. The summed E-state index contributed by atoms with van der Waals surface area (Å²) in [4.78, 5) is 45.2. The number of pyridine rings is 1. The van der Waals surface area contributed by atoms with Crippen molar-refractivity contribution in [3.63, 3.8) is 0 Å². The van der Waals surface area contributed by atoms with Gasteiger partial charge in [0.15, 0.2) is 11.3 Å². The monoisotopic (exact) mass is 443 g/mol. The predicted octanol–water partition coefficient (Wildman–Crippen LogP) is 2.40. The predicted molar refractivity (Wildman–Crippen MR) is 114 cm³/mol. The van der Waals surface area contributed by atoms with Gasteiger partial charge < -0.3 is 15.1 Å². The second-order valence-electron chi connectivity index (χ2n) is 7.58. The first-order chi connectivity index (χ1) is 14.7. The summed E-state index contributed by atoms with van der Waals surface area (Å²) in [7, 11) is 1.73. The van der Waals surface area contributed by atoms with Crippen LogP contribution >= 0.6 is 11.3 Å². The number of likely N-dealkylation sites (N-methyl/N-ethyl adjacent to an activating group) is 1. The van der Waals surface area contributed by atoms with Gasteiger partial charge in [-0.2, -0.15) is 4.98 Å². The number of anilines is 1. The molecule has 1 unspecified atom stereocenters. The van der Waals surface area contributed by atoms with Gasteiger partial charge in [-0.15, -0.1) is 11.3 Å². The van der Waals surface area contributed by atoms with Crippen molar-refractivity contribution in [2.24, 2.45) is 0 Å². The molecule has 0 aliphatic carbocycles. The van der Waals surface area contributed by atoms with Crippen LogP contribution in [-0.2, 0) is 4.79 Å². The van der Waals surface area contributed by atoms with Crippen LogP contribution in [0.4, 0.5) is 10.3 Å². The average Bonchev–Trinajstić information content (AvgIpc) is 3.05. The van der Waals surface area contributed by atoms with Gasteiger partial charge in [0.05, 0.1) is 23.3 Å². The van der Waals surface area contributed by atoms with E-state index in [2.05, 4.69) is 25.3 Å². The Morgan fingerprint density at radius 3 is 2.71 bits per heavy atom. The average molecular weight is 444 g/mol. The molecule has 1 fully saturated rings. The molecule has 0 saturated carbocycles. The van der Waals surface area contributed by atoms with Gasteiger partial charge in [-0.25, -0.2) is 14.4 Å². The second kappa shape index (κ2) is 8.14. The van der Waals surface area contributed by atoms with Crippen LogP contribution in [-0.4, -0.2) is 67.7 Å². The zero-order chi connectivity index (χ0) is 22.3. The van der Waals surface area contributed by atoms with E-state index in [0.717, 1.165) is 11.2 Å². The number of fused-ring (bicyclic) bond motifs is 1. The van der Waals surface area contributed by atoms with Crippen molar-refractivity contribution in [1.82, 2.24) is 29.7 Å². The molecule has 9 nitrogen and oxygen atoms in total. The van der Waals surface area contributed by atoms with E-state index in [1.54, 1.807) is 23.0 Å². The van der Waals surface area contributed by atoms with Crippen molar-refractivity contribution in [2.75, 3.05) is 25.5 Å². The van der Waals surface area contributed by atoms with E-state index in [1.165, 1.54) is 24.3 Å². The van der Waals surface area contributed by atoms with E-state index < -0.39 is 5.82 Å². The van der Waals surface area contributed by atoms with Gasteiger partial charge >= 0.3 is 0 Å². The summed E-state index contributed by atoms with van der Waals surface area (Å²) in [5.41, 5.74) is 1.33. The van der Waals surface area contributed by atoms with Gasteiger partial charge in [0.2, 0.25) is 11.9 Å². The molecule has 3 aromatic rings. The normalized spacial score (nSPS) is 14.9. The Morgan fingerprint density at radius 2 is 2.03 bits per heavy atom. The van der Waals surface area contributed by atoms with E-state index >= 15 is 0 Å². The number of aryl methyl sites for hydroxylation is 1. The third-order valence-corrected chi connectivity index (χ3v) is 6.30. The molecule has 31 heavy (non-hydrogen) atoms. The van der Waals surface area contributed by atoms with Crippen molar-refractivity contribution in [3.8, 4) is 0 Å². The fourth-order valence-electron chi connectivity index (χ4n) is 3.35. The first-order valence-corrected chi connectivity index (χ1v) is 10.6. The SMILES string of the molecule is CC(=O)N(C)C1CN(C(=O)c2nc(NC(C)c3cncc(F)c3)nc3nc(C)sc23)C1. The lowest BCUT2D eigenvalue weighted by Gasteiger charge is -2.43. The van der Waals surface area contributed by atoms with Crippen LogP contribution in [0.15, 0.2) is 18.5 Å². The summed E-state index contributed by atoms with van der Waals surface area (Å²) in [5, 5.41) is 3.88. The van der Waals surface area contributed by atoms with Gasteiger partial charge in [0.25, 0.3) is 5.91 Å². The summed E-state index contributed by atoms with van der Waals surface area (Å²) in [5.74, 6) is -0.466. The fourth-order valence-corrected chi connectivity index (χ4v) is 4.19. The minimum atomic E-state index is -0.434. The highest BCUT2D eigenvalue weighted by Crippen LogP contribution is 2.28. The number of rotatable bonds is 5. The van der Waals surface area contributed by atoms with Gasteiger partial charge in [-0.05, 0) is 25.5 Å². The van der Waals surface area contributed by atoms with E-state index in [9.17, 15) is 14.0 Å². The Kier molecular flexibility index (Phi) is 5.52. The first kappa shape index (κ1) is 21.0. The minimum Gasteiger partial charge on any atom is -0.348 e. The molecule has 1 atom stereocenters. The van der Waals surface area contributed by atoms with E-state index in [1.807, 2.05) is 13.8 Å². The van der Waals surface area contributed by atoms with Crippen molar-refractivity contribution in [1.29, 1.82) is 0 Å². The molecule has 1 aliphatic heterocycles. The van der Waals surface area contributed by atoms with Crippen LogP contribution in [0.2, 0.25) is 0 Å². The number of hydrogen-bond acceptors (Lipinski definition) is 8. The number of thiazole rings is 1. The number of nitrogens with zero attached hydrogens (tertiary/aromatic N) is 6. The van der Waals surface area contributed by atoms with Crippen molar-refractivity contribution < 1.29 is 14.0 Å². The highest BCUT2D eigenvalue weighted by Gasteiger charge is 2.36. The molecular weight excluding hydrogens is 421 g/mol.